The van der Waals surface area contributed by atoms with Gasteiger partial charge in [0, 0.05) is 10.8 Å². The van der Waals surface area contributed by atoms with E-state index in [1.165, 1.54) is 5.57 Å². The van der Waals surface area contributed by atoms with Crippen LogP contribution in [0, 0.1) is 28.6 Å². The van der Waals surface area contributed by atoms with Crippen LogP contribution in [0.5, 0.6) is 0 Å². The molecule has 0 spiro atoms. The van der Waals surface area contributed by atoms with Crippen molar-refractivity contribution in [1.82, 2.24) is 0 Å². The van der Waals surface area contributed by atoms with Crippen LogP contribution in [0.2, 0.25) is 0 Å². The highest BCUT2D eigenvalue weighted by Gasteiger charge is 2.65. The highest BCUT2D eigenvalue weighted by atomic mass is 16.3. The summed E-state index contributed by atoms with van der Waals surface area (Å²) < 4.78 is 0. The van der Waals surface area contributed by atoms with Gasteiger partial charge in [-0.05, 0) is 68.4 Å². The summed E-state index contributed by atoms with van der Waals surface area (Å²) in [6.07, 6.45) is 10.6. The molecule has 4 rings (SSSR count). The zero-order chi connectivity index (χ0) is 18.0. The number of ketones is 2. The van der Waals surface area contributed by atoms with E-state index in [0.29, 0.717) is 24.2 Å². The number of rotatable bonds is 2. The molecule has 3 saturated carbocycles. The fourth-order valence-corrected chi connectivity index (χ4v) is 6.80. The molecule has 0 saturated heterocycles. The molecule has 6 atom stereocenters. The summed E-state index contributed by atoms with van der Waals surface area (Å²) in [4.78, 5) is 24.1. The minimum atomic E-state index is -1.38. The van der Waals surface area contributed by atoms with Crippen molar-refractivity contribution in [2.75, 3.05) is 6.61 Å². The highest BCUT2D eigenvalue weighted by Crippen LogP contribution is 2.67. The van der Waals surface area contributed by atoms with E-state index in [0.717, 1.165) is 32.1 Å². The van der Waals surface area contributed by atoms with E-state index in [1.54, 1.807) is 6.08 Å². The van der Waals surface area contributed by atoms with Gasteiger partial charge in [-0.25, -0.2) is 0 Å². The van der Waals surface area contributed by atoms with E-state index in [4.69, 9.17) is 0 Å². The molecule has 0 aromatic carbocycles. The Labute approximate surface area is 149 Å². The first-order valence-corrected chi connectivity index (χ1v) is 9.57. The highest BCUT2D eigenvalue weighted by molar-refractivity contribution is 6.01. The standard InChI is InChI=1S/C21H28O4/c1-19-8-5-14(23)11-13(19)3-4-15-16(19)6-9-20(2)17(15)7-10-21(20,25)18(24)12-22/h5,8,11,15-17,22,25H,3-4,6-7,9-10,12H2,1-2H3/t15-,16-,17-,19+,20+,21-/m0/s1. The first-order chi connectivity index (χ1) is 11.8. The Kier molecular flexibility index (Phi) is 3.69. The Morgan fingerprint density at radius 1 is 1.20 bits per heavy atom. The van der Waals surface area contributed by atoms with Crippen LogP contribution in [-0.4, -0.2) is 34.0 Å². The van der Waals surface area contributed by atoms with Crippen LogP contribution in [0.25, 0.3) is 0 Å². The average Bonchev–Trinajstić information content (AvgIpc) is 2.87. The molecule has 0 heterocycles. The molecular formula is C21H28O4. The third kappa shape index (κ3) is 2.07. The Hall–Kier alpha value is -1.26. The summed E-state index contributed by atoms with van der Waals surface area (Å²) in [5.41, 5.74) is -0.642. The molecule has 25 heavy (non-hydrogen) atoms. The van der Waals surface area contributed by atoms with Gasteiger partial charge in [-0.15, -0.1) is 0 Å². The quantitative estimate of drug-likeness (QED) is 0.807. The van der Waals surface area contributed by atoms with Crippen LogP contribution in [0.4, 0.5) is 0 Å². The van der Waals surface area contributed by atoms with Crippen molar-refractivity contribution in [1.29, 1.82) is 0 Å². The van der Waals surface area contributed by atoms with Crippen molar-refractivity contribution < 1.29 is 19.8 Å². The summed E-state index contributed by atoms with van der Waals surface area (Å²) in [5, 5.41) is 20.5. The predicted molar refractivity (Wildman–Crippen MR) is 93.7 cm³/mol. The SMILES string of the molecule is C[C@@]12C=CC(=O)C=C1CC[C@H]1[C@@H]2CC[C@]2(C)[C@H]1CC[C@]2(O)C(=O)CO. The van der Waals surface area contributed by atoms with Gasteiger partial charge in [0.05, 0.1) is 0 Å². The number of hydrogen-bond acceptors (Lipinski definition) is 4. The van der Waals surface area contributed by atoms with E-state index >= 15 is 0 Å². The molecular weight excluding hydrogens is 316 g/mol. The summed E-state index contributed by atoms with van der Waals surface area (Å²) in [6.45, 7) is 3.73. The lowest BCUT2D eigenvalue weighted by Crippen LogP contribution is -2.57. The maximum Gasteiger partial charge on any atom is 0.190 e. The molecule has 0 unspecified atom stereocenters. The molecule has 0 aliphatic heterocycles. The average molecular weight is 344 g/mol. The number of Topliss-reactive ketones (excluding diaryl/α,β-unsaturated/α-hetero) is 1. The molecule has 3 fully saturated rings. The van der Waals surface area contributed by atoms with Gasteiger partial charge in [-0.1, -0.05) is 25.5 Å². The summed E-state index contributed by atoms with van der Waals surface area (Å²) in [5.74, 6) is 0.897. The van der Waals surface area contributed by atoms with E-state index in [-0.39, 0.29) is 11.2 Å². The van der Waals surface area contributed by atoms with Gasteiger partial charge in [0.1, 0.15) is 12.2 Å². The normalized spacial score (nSPS) is 48.4. The Bertz CT molecular complexity index is 692. The van der Waals surface area contributed by atoms with Crippen LogP contribution in [0.3, 0.4) is 0 Å². The van der Waals surface area contributed by atoms with Gasteiger partial charge >= 0.3 is 0 Å². The summed E-state index contributed by atoms with van der Waals surface area (Å²) in [6, 6.07) is 0. The Morgan fingerprint density at radius 3 is 2.64 bits per heavy atom. The van der Waals surface area contributed by atoms with Gasteiger partial charge in [-0.3, -0.25) is 9.59 Å². The van der Waals surface area contributed by atoms with Crippen molar-refractivity contribution >= 4 is 11.6 Å². The molecule has 4 heteroatoms. The number of carbonyl (C=O) groups is 2. The number of allylic oxidation sites excluding steroid dienone is 4. The van der Waals surface area contributed by atoms with Crippen LogP contribution in [-0.2, 0) is 9.59 Å². The smallest absolute Gasteiger partial charge is 0.190 e. The number of hydrogen-bond donors (Lipinski definition) is 2. The van der Waals surface area contributed by atoms with Crippen molar-refractivity contribution in [2.24, 2.45) is 28.6 Å². The number of carbonyl (C=O) groups excluding carboxylic acids is 2. The van der Waals surface area contributed by atoms with Gasteiger partial charge in [0.2, 0.25) is 0 Å². The molecule has 4 aliphatic carbocycles. The van der Waals surface area contributed by atoms with Gasteiger partial charge in [-0.2, -0.15) is 0 Å². The lowest BCUT2D eigenvalue weighted by Gasteiger charge is -2.57. The Balaban J connectivity index is 1.69. The largest absolute Gasteiger partial charge is 0.388 e. The van der Waals surface area contributed by atoms with Crippen molar-refractivity contribution in [3.63, 3.8) is 0 Å². The molecule has 0 aromatic heterocycles. The third-order valence-electron chi connectivity index (χ3n) is 8.31. The molecule has 4 aliphatic rings. The molecule has 0 aromatic rings. The molecule has 0 bridgehead atoms. The third-order valence-corrected chi connectivity index (χ3v) is 8.31. The molecule has 0 amide bonds. The fourth-order valence-electron chi connectivity index (χ4n) is 6.80. The van der Waals surface area contributed by atoms with Gasteiger partial charge in [0.15, 0.2) is 11.6 Å². The summed E-state index contributed by atoms with van der Waals surface area (Å²) >= 11 is 0. The molecule has 4 nitrogen and oxygen atoms in total. The maximum atomic E-state index is 12.3. The fraction of sp³-hybridized carbons (Fsp3) is 0.714. The molecule has 0 radical (unpaired) electrons. The first kappa shape index (κ1) is 17.2. The van der Waals surface area contributed by atoms with E-state index in [2.05, 4.69) is 19.9 Å². The van der Waals surface area contributed by atoms with E-state index in [9.17, 15) is 19.8 Å². The second-order valence-corrected chi connectivity index (χ2v) is 9.04. The van der Waals surface area contributed by atoms with E-state index < -0.39 is 23.4 Å². The minimum absolute atomic E-state index is 0.0696. The van der Waals surface area contributed by atoms with Gasteiger partial charge < -0.3 is 10.2 Å². The first-order valence-electron chi connectivity index (χ1n) is 9.57. The molecule has 136 valence electrons. The lowest BCUT2D eigenvalue weighted by molar-refractivity contribution is -0.163. The second-order valence-electron chi connectivity index (χ2n) is 9.04. The number of aliphatic hydroxyl groups is 2. The monoisotopic (exact) mass is 344 g/mol. The predicted octanol–water partition coefficient (Wildman–Crippen LogP) is 2.59. The zero-order valence-corrected chi connectivity index (χ0v) is 15.1. The van der Waals surface area contributed by atoms with Crippen molar-refractivity contribution in [3.8, 4) is 0 Å². The van der Waals surface area contributed by atoms with Crippen LogP contribution < -0.4 is 0 Å². The number of fused-ring (bicyclic) bond motifs is 5. The molecule has 2 N–H and O–H groups in total. The van der Waals surface area contributed by atoms with Crippen LogP contribution >= 0.6 is 0 Å². The topological polar surface area (TPSA) is 74.6 Å². The maximum absolute atomic E-state index is 12.3. The van der Waals surface area contributed by atoms with E-state index in [1.807, 2.05) is 6.08 Å². The van der Waals surface area contributed by atoms with Gasteiger partial charge in [0.25, 0.3) is 0 Å². The van der Waals surface area contributed by atoms with Crippen molar-refractivity contribution in [3.05, 3.63) is 23.8 Å². The number of aliphatic hydroxyl groups excluding tert-OH is 1. The summed E-state index contributed by atoms with van der Waals surface area (Å²) in [7, 11) is 0. The van der Waals surface area contributed by atoms with Crippen LogP contribution in [0.15, 0.2) is 23.8 Å². The second kappa shape index (κ2) is 5.37. The minimum Gasteiger partial charge on any atom is -0.388 e. The van der Waals surface area contributed by atoms with Crippen LogP contribution in [0.1, 0.15) is 52.4 Å². The Morgan fingerprint density at radius 2 is 1.92 bits per heavy atom. The lowest BCUT2D eigenvalue weighted by atomic mass is 9.47. The van der Waals surface area contributed by atoms with Crippen molar-refractivity contribution in [2.45, 2.75) is 58.0 Å². The zero-order valence-electron chi connectivity index (χ0n) is 15.1.